The molecule has 27 heavy (non-hydrogen) atoms. The highest BCUT2D eigenvalue weighted by molar-refractivity contribution is 6.01. The Morgan fingerprint density at radius 3 is 2.81 bits per heavy atom. The maximum absolute atomic E-state index is 13.5. The molecule has 1 atom stereocenters. The lowest BCUT2D eigenvalue weighted by Crippen LogP contribution is -2.54. The average Bonchev–Trinajstić information content (AvgIpc) is 3.10. The minimum atomic E-state index is -0.692. The number of carbonyl (C=O) groups is 1. The fourth-order valence-electron chi connectivity index (χ4n) is 3.58. The Labute approximate surface area is 158 Å². The van der Waals surface area contributed by atoms with Gasteiger partial charge in [0.2, 0.25) is 5.91 Å². The summed E-state index contributed by atoms with van der Waals surface area (Å²) in [5.74, 6) is -0.405. The van der Waals surface area contributed by atoms with Gasteiger partial charge in [0.05, 0.1) is 23.3 Å². The lowest BCUT2D eigenvalue weighted by molar-refractivity contribution is -0.142. The quantitative estimate of drug-likeness (QED) is 0.797. The van der Waals surface area contributed by atoms with Gasteiger partial charge >= 0.3 is 0 Å². The average molecular weight is 378 g/mol. The van der Waals surface area contributed by atoms with E-state index in [1.54, 1.807) is 26.0 Å². The molecule has 1 saturated heterocycles. The zero-order valence-electron chi connectivity index (χ0n) is 15.8. The van der Waals surface area contributed by atoms with Gasteiger partial charge in [-0.2, -0.15) is 0 Å². The van der Waals surface area contributed by atoms with E-state index in [1.807, 2.05) is 0 Å². The molecular formula is C20H27FN2O4. The number of hydrogen-bond donors (Lipinski definition) is 2. The van der Waals surface area contributed by atoms with Gasteiger partial charge in [-0.15, -0.1) is 0 Å². The first-order valence-corrected chi connectivity index (χ1v) is 9.33. The van der Waals surface area contributed by atoms with E-state index in [1.165, 1.54) is 12.1 Å². The molecule has 7 heteroatoms. The van der Waals surface area contributed by atoms with E-state index in [-0.39, 0.29) is 24.4 Å². The Balaban J connectivity index is 1.70. The zero-order chi connectivity index (χ0) is 19.5. The molecule has 1 aromatic carbocycles. The highest BCUT2D eigenvalue weighted by atomic mass is 19.1. The van der Waals surface area contributed by atoms with Gasteiger partial charge in [-0.3, -0.25) is 4.79 Å². The maximum atomic E-state index is 13.5. The predicted molar refractivity (Wildman–Crippen MR) is 98.8 cm³/mol. The number of rotatable bonds is 6. The van der Waals surface area contributed by atoms with Crippen molar-refractivity contribution in [3.05, 3.63) is 35.6 Å². The summed E-state index contributed by atoms with van der Waals surface area (Å²) in [6, 6.07) is 6.27. The Bertz CT molecular complexity index is 714. The summed E-state index contributed by atoms with van der Waals surface area (Å²) in [6.07, 6.45) is 1.98. The van der Waals surface area contributed by atoms with Crippen molar-refractivity contribution >= 4 is 11.6 Å². The van der Waals surface area contributed by atoms with Crippen molar-refractivity contribution < 1.29 is 23.9 Å². The number of carbonyl (C=O) groups excluding carboxylic acids is 1. The lowest BCUT2D eigenvalue weighted by Gasteiger charge is -2.39. The first-order chi connectivity index (χ1) is 12.8. The molecule has 3 rings (SSSR count). The van der Waals surface area contributed by atoms with Crippen LogP contribution in [0.3, 0.4) is 0 Å². The first-order valence-electron chi connectivity index (χ1n) is 9.33. The summed E-state index contributed by atoms with van der Waals surface area (Å²) in [5.41, 5.74) is 0.0759. The first kappa shape index (κ1) is 19.8. The van der Waals surface area contributed by atoms with Gasteiger partial charge < -0.3 is 20.0 Å². The molecule has 1 unspecified atom stereocenters. The van der Waals surface area contributed by atoms with Gasteiger partial charge in [0.1, 0.15) is 11.9 Å². The number of halogens is 1. The van der Waals surface area contributed by atoms with Crippen LogP contribution in [-0.2, 0) is 14.4 Å². The molecule has 1 aromatic rings. The third-order valence-corrected chi connectivity index (χ3v) is 5.29. The molecule has 1 fully saturated rings. The summed E-state index contributed by atoms with van der Waals surface area (Å²) in [5, 5.41) is 16.6. The van der Waals surface area contributed by atoms with Crippen LogP contribution >= 0.6 is 0 Å². The second-order valence-corrected chi connectivity index (χ2v) is 8.07. The van der Waals surface area contributed by atoms with E-state index in [2.05, 4.69) is 10.5 Å². The molecular weight excluding hydrogens is 351 g/mol. The minimum Gasteiger partial charge on any atom is -0.394 e. The van der Waals surface area contributed by atoms with Gasteiger partial charge in [-0.25, -0.2) is 4.39 Å². The normalized spacial score (nSPS) is 22.1. The van der Waals surface area contributed by atoms with E-state index >= 15 is 0 Å². The molecule has 0 aromatic heterocycles. The zero-order valence-corrected chi connectivity index (χ0v) is 15.8. The number of amides is 1. The maximum Gasteiger partial charge on any atom is 0.227 e. The second kappa shape index (κ2) is 7.94. The SMILES string of the molecule is CC(C)(CO)NC(=O)C1(CC2CC(c3cccc(F)c3)=NO2)CCOCC1. The van der Waals surface area contributed by atoms with Crippen molar-refractivity contribution in [3.63, 3.8) is 0 Å². The lowest BCUT2D eigenvalue weighted by atomic mass is 9.73. The summed E-state index contributed by atoms with van der Waals surface area (Å²) in [4.78, 5) is 18.6. The largest absolute Gasteiger partial charge is 0.394 e. The van der Waals surface area contributed by atoms with Gasteiger partial charge in [0.25, 0.3) is 0 Å². The number of oxime groups is 1. The van der Waals surface area contributed by atoms with E-state index in [0.29, 0.717) is 50.2 Å². The van der Waals surface area contributed by atoms with Crippen LogP contribution in [0.1, 0.15) is 45.1 Å². The van der Waals surface area contributed by atoms with Crippen molar-refractivity contribution in [2.24, 2.45) is 10.6 Å². The Hall–Kier alpha value is -1.99. The number of aliphatic hydroxyl groups excluding tert-OH is 1. The van der Waals surface area contributed by atoms with Gasteiger partial charge in [0.15, 0.2) is 0 Å². The molecule has 0 bridgehead atoms. The van der Waals surface area contributed by atoms with Crippen LogP contribution in [0.5, 0.6) is 0 Å². The van der Waals surface area contributed by atoms with Gasteiger partial charge in [0, 0.05) is 31.6 Å². The molecule has 0 saturated carbocycles. The van der Waals surface area contributed by atoms with Crippen LogP contribution in [0.4, 0.5) is 4.39 Å². The minimum absolute atomic E-state index is 0.0901. The van der Waals surface area contributed by atoms with Crippen LogP contribution < -0.4 is 5.32 Å². The Kier molecular flexibility index (Phi) is 5.81. The molecule has 6 nitrogen and oxygen atoms in total. The molecule has 2 aliphatic heterocycles. The summed E-state index contributed by atoms with van der Waals surface area (Å²) < 4.78 is 18.9. The number of ether oxygens (including phenoxy) is 1. The fraction of sp³-hybridized carbons (Fsp3) is 0.600. The number of benzene rings is 1. The van der Waals surface area contributed by atoms with E-state index in [4.69, 9.17) is 9.57 Å². The molecule has 2 aliphatic rings. The standard InChI is InChI=1S/C20H27FN2O4/c1-19(2,13-24)22-18(25)20(6-8-26-9-7-20)12-16-11-17(23-27-16)14-4-3-5-15(21)10-14/h3-5,10,16,24H,6-9,11-13H2,1-2H3,(H,22,25). The van der Waals surface area contributed by atoms with Crippen LogP contribution in [-0.4, -0.2) is 48.2 Å². The van der Waals surface area contributed by atoms with Crippen molar-refractivity contribution in [2.75, 3.05) is 19.8 Å². The summed E-state index contributed by atoms with van der Waals surface area (Å²) in [6.45, 7) is 4.46. The third kappa shape index (κ3) is 4.65. The summed E-state index contributed by atoms with van der Waals surface area (Å²) >= 11 is 0. The molecule has 0 radical (unpaired) electrons. The second-order valence-electron chi connectivity index (χ2n) is 8.07. The Morgan fingerprint density at radius 2 is 2.15 bits per heavy atom. The monoisotopic (exact) mass is 378 g/mol. The number of nitrogens with zero attached hydrogens (tertiary/aromatic N) is 1. The summed E-state index contributed by atoms with van der Waals surface area (Å²) in [7, 11) is 0. The van der Waals surface area contributed by atoms with Crippen LogP contribution in [0.15, 0.2) is 29.4 Å². The van der Waals surface area contributed by atoms with Crippen molar-refractivity contribution in [3.8, 4) is 0 Å². The third-order valence-electron chi connectivity index (χ3n) is 5.29. The molecule has 2 heterocycles. The van der Waals surface area contributed by atoms with Crippen molar-refractivity contribution in [1.82, 2.24) is 5.32 Å². The van der Waals surface area contributed by atoms with E-state index in [9.17, 15) is 14.3 Å². The predicted octanol–water partition coefficient (Wildman–Crippen LogP) is 2.39. The highest BCUT2D eigenvalue weighted by Crippen LogP contribution is 2.39. The molecule has 2 N–H and O–H groups in total. The van der Waals surface area contributed by atoms with Gasteiger partial charge in [-0.05, 0) is 38.8 Å². The van der Waals surface area contributed by atoms with Crippen molar-refractivity contribution in [1.29, 1.82) is 0 Å². The number of hydrogen-bond acceptors (Lipinski definition) is 5. The number of aliphatic hydroxyl groups is 1. The van der Waals surface area contributed by atoms with E-state index < -0.39 is 11.0 Å². The molecule has 148 valence electrons. The fourth-order valence-corrected chi connectivity index (χ4v) is 3.58. The number of nitrogens with one attached hydrogen (secondary N) is 1. The smallest absolute Gasteiger partial charge is 0.227 e. The molecule has 0 spiro atoms. The Morgan fingerprint density at radius 1 is 1.41 bits per heavy atom. The highest BCUT2D eigenvalue weighted by Gasteiger charge is 2.45. The van der Waals surface area contributed by atoms with Crippen LogP contribution in [0, 0.1) is 11.2 Å². The van der Waals surface area contributed by atoms with Crippen LogP contribution in [0.2, 0.25) is 0 Å². The molecule has 0 aliphatic carbocycles. The van der Waals surface area contributed by atoms with Crippen LogP contribution in [0.25, 0.3) is 0 Å². The topological polar surface area (TPSA) is 80.2 Å². The van der Waals surface area contributed by atoms with Gasteiger partial charge in [-0.1, -0.05) is 17.3 Å². The van der Waals surface area contributed by atoms with E-state index in [0.717, 1.165) is 0 Å². The molecule has 1 amide bonds. The van der Waals surface area contributed by atoms with Crippen molar-refractivity contribution in [2.45, 2.75) is 51.2 Å².